The van der Waals surface area contributed by atoms with Crippen LogP contribution in [0.25, 0.3) is 0 Å². The lowest BCUT2D eigenvalue weighted by molar-refractivity contribution is -0.170. The smallest absolute Gasteiger partial charge is 0.310 e. The molecule has 27 heavy (non-hydrogen) atoms. The fourth-order valence-electron chi connectivity index (χ4n) is 3.67. The van der Waals surface area contributed by atoms with Gasteiger partial charge in [0.05, 0.1) is 31.0 Å². The Balaban J connectivity index is 2.64. The van der Waals surface area contributed by atoms with E-state index in [0.717, 1.165) is 51.4 Å². The summed E-state index contributed by atoms with van der Waals surface area (Å²) in [5.41, 5.74) is 0. The summed E-state index contributed by atoms with van der Waals surface area (Å²) in [5, 5.41) is 9.51. The summed E-state index contributed by atoms with van der Waals surface area (Å²) in [6.07, 6.45) is 9.35. The number of hydrogen-bond donors (Lipinski definition) is 1. The molecule has 1 N–H and O–H groups in total. The van der Waals surface area contributed by atoms with Gasteiger partial charge in [-0.15, -0.1) is 0 Å². The van der Waals surface area contributed by atoms with E-state index in [1.165, 1.54) is 0 Å². The van der Waals surface area contributed by atoms with Crippen molar-refractivity contribution in [3.8, 4) is 0 Å². The molecule has 1 aliphatic rings. The highest BCUT2D eigenvalue weighted by atomic mass is 16.5. The Labute approximate surface area is 163 Å². The van der Waals surface area contributed by atoms with Crippen molar-refractivity contribution in [2.45, 2.75) is 84.5 Å². The highest BCUT2D eigenvalue weighted by Gasteiger charge is 2.46. The van der Waals surface area contributed by atoms with Crippen LogP contribution < -0.4 is 0 Å². The number of esters is 2. The molecule has 3 unspecified atom stereocenters. The minimum Gasteiger partial charge on any atom is -0.481 e. The monoisotopic (exact) mass is 384 g/mol. The molecule has 0 aromatic rings. The third-order valence-electron chi connectivity index (χ3n) is 5.27. The van der Waals surface area contributed by atoms with Crippen molar-refractivity contribution < 1.29 is 29.0 Å². The molecule has 1 fully saturated rings. The van der Waals surface area contributed by atoms with Crippen LogP contribution >= 0.6 is 0 Å². The van der Waals surface area contributed by atoms with Crippen LogP contribution in [-0.4, -0.2) is 36.2 Å². The molecule has 0 aromatic heterocycles. The summed E-state index contributed by atoms with van der Waals surface area (Å²) >= 11 is 0. The van der Waals surface area contributed by atoms with Gasteiger partial charge in [-0.05, 0) is 25.7 Å². The lowest BCUT2D eigenvalue weighted by atomic mass is 9.72. The lowest BCUT2D eigenvalue weighted by Gasteiger charge is -2.33. The molecule has 3 atom stereocenters. The standard InChI is InChI=1S/C21H36O6/c1-3-5-7-9-14-26-20(24)17-13-11-12-16(19(22)23)18(17)21(25)27-15-10-8-6-4-2/h16-18H,3-15H2,1-2H3,(H,22,23). The maximum absolute atomic E-state index is 12.6. The fraction of sp³-hybridized carbons (Fsp3) is 0.857. The van der Waals surface area contributed by atoms with Crippen LogP contribution in [0.5, 0.6) is 0 Å². The summed E-state index contributed by atoms with van der Waals surface area (Å²) in [4.78, 5) is 36.7. The molecule has 0 spiro atoms. The van der Waals surface area contributed by atoms with E-state index in [9.17, 15) is 19.5 Å². The topological polar surface area (TPSA) is 89.9 Å². The molecule has 6 nitrogen and oxygen atoms in total. The number of rotatable bonds is 13. The third-order valence-corrected chi connectivity index (χ3v) is 5.27. The van der Waals surface area contributed by atoms with E-state index in [1.807, 2.05) is 0 Å². The Hall–Kier alpha value is -1.59. The van der Waals surface area contributed by atoms with Crippen molar-refractivity contribution >= 4 is 17.9 Å². The third kappa shape index (κ3) is 8.31. The number of carbonyl (C=O) groups excluding carboxylic acids is 2. The number of unbranched alkanes of at least 4 members (excludes halogenated alkanes) is 6. The van der Waals surface area contributed by atoms with Crippen LogP contribution in [0.1, 0.15) is 84.5 Å². The number of hydrogen-bond acceptors (Lipinski definition) is 5. The molecule has 0 bridgehead atoms. The SMILES string of the molecule is CCCCCCOC(=O)C1CCCC(C(=O)O)C1C(=O)OCCCCCC. The zero-order valence-corrected chi connectivity index (χ0v) is 16.9. The average Bonchev–Trinajstić information content (AvgIpc) is 2.66. The number of carbonyl (C=O) groups is 3. The predicted molar refractivity (Wildman–Crippen MR) is 102 cm³/mol. The molecule has 0 radical (unpaired) electrons. The van der Waals surface area contributed by atoms with E-state index in [4.69, 9.17) is 9.47 Å². The van der Waals surface area contributed by atoms with Crippen LogP contribution in [0.3, 0.4) is 0 Å². The van der Waals surface area contributed by atoms with Crippen LogP contribution in [0.15, 0.2) is 0 Å². The van der Waals surface area contributed by atoms with Gasteiger partial charge in [-0.2, -0.15) is 0 Å². The molecule has 6 heteroatoms. The van der Waals surface area contributed by atoms with Gasteiger partial charge in [-0.3, -0.25) is 14.4 Å². The summed E-state index contributed by atoms with van der Waals surface area (Å²) in [6.45, 7) is 4.81. The highest BCUT2D eigenvalue weighted by Crippen LogP contribution is 2.37. The first-order chi connectivity index (χ1) is 13.0. The Morgan fingerprint density at radius 3 is 1.81 bits per heavy atom. The van der Waals surface area contributed by atoms with Gasteiger partial charge in [0.25, 0.3) is 0 Å². The molecule has 1 rings (SSSR count). The van der Waals surface area contributed by atoms with E-state index >= 15 is 0 Å². The Bertz CT molecular complexity index is 462. The first-order valence-corrected chi connectivity index (χ1v) is 10.6. The second-order valence-electron chi connectivity index (χ2n) is 7.46. The van der Waals surface area contributed by atoms with E-state index in [1.54, 1.807) is 0 Å². The van der Waals surface area contributed by atoms with Gasteiger partial charge in [-0.1, -0.05) is 58.8 Å². The minimum atomic E-state index is -1.04. The van der Waals surface area contributed by atoms with Crippen molar-refractivity contribution in [3.63, 3.8) is 0 Å². The summed E-state index contributed by atoms with van der Waals surface area (Å²) < 4.78 is 10.7. The molecule has 0 saturated heterocycles. The molecular formula is C21H36O6. The maximum Gasteiger partial charge on any atom is 0.310 e. The molecule has 0 aromatic carbocycles. The van der Waals surface area contributed by atoms with E-state index in [0.29, 0.717) is 25.9 Å². The average molecular weight is 385 g/mol. The van der Waals surface area contributed by atoms with Gasteiger partial charge in [0.15, 0.2) is 0 Å². The van der Waals surface area contributed by atoms with E-state index < -0.39 is 35.7 Å². The summed E-state index contributed by atoms with van der Waals surface area (Å²) in [7, 11) is 0. The molecular weight excluding hydrogens is 348 g/mol. The molecule has 1 aliphatic carbocycles. The quantitative estimate of drug-likeness (QED) is 0.375. The molecule has 0 aliphatic heterocycles. The van der Waals surface area contributed by atoms with Gasteiger partial charge >= 0.3 is 17.9 Å². The molecule has 0 heterocycles. The minimum absolute atomic E-state index is 0.278. The Kier molecular flexibility index (Phi) is 11.8. The second-order valence-corrected chi connectivity index (χ2v) is 7.46. The van der Waals surface area contributed by atoms with Crippen molar-refractivity contribution in [1.82, 2.24) is 0 Å². The first-order valence-electron chi connectivity index (χ1n) is 10.6. The Morgan fingerprint density at radius 2 is 1.30 bits per heavy atom. The summed E-state index contributed by atoms with van der Waals surface area (Å²) in [5.74, 6) is -4.58. The van der Waals surface area contributed by atoms with Crippen molar-refractivity contribution in [2.24, 2.45) is 17.8 Å². The first kappa shape index (κ1) is 23.4. The Morgan fingerprint density at radius 1 is 0.778 bits per heavy atom. The van der Waals surface area contributed by atoms with Crippen LogP contribution in [0, 0.1) is 17.8 Å². The van der Waals surface area contributed by atoms with Gasteiger partial charge in [0, 0.05) is 0 Å². The van der Waals surface area contributed by atoms with Gasteiger partial charge in [0.1, 0.15) is 0 Å². The van der Waals surface area contributed by atoms with Gasteiger partial charge in [-0.25, -0.2) is 0 Å². The molecule has 1 saturated carbocycles. The number of aliphatic carboxylic acids is 1. The fourth-order valence-corrected chi connectivity index (χ4v) is 3.67. The van der Waals surface area contributed by atoms with Crippen LogP contribution in [0.4, 0.5) is 0 Å². The van der Waals surface area contributed by atoms with Gasteiger partial charge < -0.3 is 14.6 Å². The maximum atomic E-state index is 12.6. The summed E-state index contributed by atoms with van der Waals surface area (Å²) in [6, 6.07) is 0. The van der Waals surface area contributed by atoms with Crippen molar-refractivity contribution in [3.05, 3.63) is 0 Å². The lowest BCUT2D eigenvalue weighted by Crippen LogP contribution is -2.43. The molecule has 0 amide bonds. The van der Waals surface area contributed by atoms with Crippen LogP contribution in [-0.2, 0) is 23.9 Å². The number of carboxylic acid groups (broad SMARTS) is 1. The van der Waals surface area contributed by atoms with Crippen molar-refractivity contribution in [2.75, 3.05) is 13.2 Å². The predicted octanol–water partition coefficient (Wildman–Crippen LogP) is 4.35. The number of ether oxygens (including phenoxy) is 2. The zero-order chi connectivity index (χ0) is 20.1. The number of carboxylic acids is 1. The normalized spacial score (nSPS) is 22.2. The van der Waals surface area contributed by atoms with E-state index in [2.05, 4.69) is 13.8 Å². The van der Waals surface area contributed by atoms with E-state index in [-0.39, 0.29) is 6.61 Å². The second kappa shape index (κ2) is 13.6. The highest BCUT2D eigenvalue weighted by molar-refractivity contribution is 5.87. The van der Waals surface area contributed by atoms with Crippen LogP contribution in [0.2, 0.25) is 0 Å². The van der Waals surface area contributed by atoms with Gasteiger partial charge in [0.2, 0.25) is 0 Å². The zero-order valence-electron chi connectivity index (χ0n) is 16.9. The largest absolute Gasteiger partial charge is 0.481 e. The molecule has 156 valence electrons. The van der Waals surface area contributed by atoms with Crippen molar-refractivity contribution in [1.29, 1.82) is 0 Å².